The Kier molecular flexibility index (Phi) is 4.14. The molecule has 0 fully saturated rings. The summed E-state index contributed by atoms with van der Waals surface area (Å²) in [6, 6.07) is 11.0. The first kappa shape index (κ1) is 14.2. The predicted molar refractivity (Wildman–Crippen MR) is 77.3 cm³/mol. The van der Waals surface area contributed by atoms with Gasteiger partial charge in [0.25, 0.3) is 0 Å². The molecule has 102 valence electrons. The van der Waals surface area contributed by atoms with E-state index in [1.54, 1.807) is 30.3 Å². The minimum absolute atomic E-state index is 0.0816. The van der Waals surface area contributed by atoms with Crippen LogP contribution in [0.4, 0.5) is 5.69 Å². The van der Waals surface area contributed by atoms with Crippen molar-refractivity contribution in [1.29, 1.82) is 0 Å². The van der Waals surface area contributed by atoms with E-state index in [1.807, 2.05) is 0 Å². The lowest BCUT2D eigenvalue weighted by Crippen LogP contribution is -1.98. The third-order valence-corrected chi connectivity index (χ3v) is 3.10. The van der Waals surface area contributed by atoms with Crippen LogP contribution in [0.5, 0.6) is 11.5 Å². The summed E-state index contributed by atoms with van der Waals surface area (Å²) >= 11 is 3.24. The van der Waals surface area contributed by atoms with Crippen LogP contribution in [-0.4, -0.2) is 10.7 Å². The van der Waals surface area contributed by atoms with E-state index in [2.05, 4.69) is 15.9 Å². The van der Waals surface area contributed by atoms with Gasteiger partial charge in [-0.15, -0.1) is 0 Å². The van der Waals surface area contributed by atoms with Gasteiger partial charge < -0.3 is 4.74 Å². The first-order chi connectivity index (χ1) is 9.49. The average Bonchev–Trinajstić information content (AvgIpc) is 2.38. The zero-order valence-corrected chi connectivity index (χ0v) is 12.1. The number of hydrogen-bond acceptors (Lipinski definition) is 4. The molecule has 0 heterocycles. The first-order valence-corrected chi connectivity index (χ1v) is 6.50. The number of ketones is 1. The third kappa shape index (κ3) is 3.03. The quantitative estimate of drug-likeness (QED) is 0.473. The van der Waals surface area contributed by atoms with Crippen LogP contribution in [0.25, 0.3) is 0 Å². The lowest BCUT2D eigenvalue weighted by molar-refractivity contribution is -0.385. The Hall–Kier alpha value is -2.21. The Morgan fingerprint density at radius 2 is 1.90 bits per heavy atom. The second kappa shape index (κ2) is 5.83. The molecule has 2 aromatic rings. The van der Waals surface area contributed by atoms with Gasteiger partial charge in [-0.1, -0.05) is 28.1 Å². The molecule has 0 aliphatic carbocycles. The summed E-state index contributed by atoms with van der Waals surface area (Å²) in [5.41, 5.74) is 0.216. The van der Waals surface area contributed by atoms with Crippen LogP contribution in [0.2, 0.25) is 0 Å². The highest BCUT2D eigenvalue weighted by molar-refractivity contribution is 9.10. The van der Waals surface area contributed by atoms with Crippen LogP contribution in [0.1, 0.15) is 17.3 Å². The standard InChI is InChI=1S/C14H10BrNO4/c1-9(17)11-4-2-3-5-13(11)20-14-8-10(15)6-7-12(14)16(18)19/h2-8H,1H3. The molecular formula is C14H10BrNO4. The maximum atomic E-state index is 11.5. The molecule has 0 bridgehead atoms. The molecule has 0 radical (unpaired) electrons. The van der Waals surface area contributed by atoms with E-state index in [0.29, 0.717) is 15.8 Å². The van der Waals surface area contributed by atoms with Crippen LogP contribution in [0, 0.1) is 10.1 Å². The fourth-order valence-corrected chi connectivity index (χ4v) is 2.03. The molecule has 2 rings (SSSR count). The summed E-state index contributed by atoms with van der Waals surface area (Å²) < 4.78 is 6.20. The van der Waals surface area contributed by atoms with Crippen molar-refractivity contribution in [3.63, 3.8) is 0 Å². The lowest BCUT2D eigenvalue weighted by Gasteiger charge is -2.09. The summed E-state index contributed by atoms with van der Waals surface area (Å²) in [5.74, 6) is 0.206. The topological polar surface area (TPSA) is 69.4 Å². The predicted octanol–water partition coefficient (Wildman–Crippen LogP) is 4.35. The molecule has 0 amide bonds. The monoisotopic (exact) mass is 335 g/mol. The van der Waals surface area contributed by atoms with E-state index >= 15 is 0 Å². The van der Waals surface area contributed by atoms with Gasteiger partial charge in [0.1, 0.15) is 5.75 Å². The number of ether oxygens (including phenoxy) is 1. The molecule has 6 heteroatoms. The maximum Gasteiger partial charge on any atom is 0.311 e. The zero-order valence-electron chi connectivity index (χ0n) is 10.5. The van der Waals surface area contributed by atoms with Crippen molar-refractivity contribution in [2.45, 2.75) is 6.92 Å². The van der Waals surface area contributed by atoms with E-state index in [-0.39, 0.29) is 17.2 Å². The Balaban J connectivity index is 2.47. The second-order valence-corrected chi connectivity index (χ2v) is 4.94. The molecule has 0 unspecified atom stereocenters. The van der Waals surface area contributed by atoms with E-state index < -0.39 is 4.92 Å². The second-order valence-electron chi connectivity index (χ2n) is 4.02. The Morgan fingerprint density at radius 1 is 1.20 bits per heavy atom. The number of para-hydroxylation sites is 1. The lowest BCUT2D eigenvalue weighted by atomic mass is 10.1. The van der Waals surface area contributed by atoms with E-state index in [0.717, 1.165) is 0 Å². The van der Waals surface area contributed by atoms with Crippen LogP contribution in [-0.2, 0) is 0 Å². The number of nitro benzene ring substituents is 1. The van der Waals surface area contributed by atoms with Crippen molar-refractivity contribution in [2.75, 3.05) is 0 Å². The summed E-state index contributed by atoms with van der Waals surface area (Å²) in [7, 11) is 0. The van der Waals surface area contributed by atoms with Crippen LogP contribution < -0.4 is 4.74 Å². The number of carbonyl (C=O) groups excluding carboxylic acids is 1. The molecule has 0 aromatic heterocycles. The highest BCUT2D eigenvalue weighted by Crippen LogP contribution is 2.35. The maximum absolute atomic E-state index is 11.5. The van der Waals surface area contributed by atoms with Gasteiger partial charge in [-0.25, -0.2) is 0 Å². The molecular weight excluding hydrogens is 326 g/mol. The Morgan fingerprint density at radius 3 is 2.55 bits per heavy atom. The summed E-state index contributed by atoms with van der Waals surface area (Å²) in [5, 5.41) is 11.0. The van der Waals surface area contributed by atoms with E-state index in [4.69, 9.17) is 4.74 Å². The van der Waals surface area contributed by atoms with E-state index in [9.17, 15) is 14.9 Å². The van der Waals surface area contributed by atoms with E-state index in [1.165, 1.54) is 19.1 Å². The van der Waals surface area contributed by atoms with Crippen LogP contribution in [0.3, 0.4) is 0 Å². The molecule has 0 N–H and O–H groups in total. The van der Waals surface area contributed by atoms with Crippen molar-refractivity contribution in [1.82, 2.24) is 0 Å². The number of benzene rings is 2. The number of Topliss-reactive ketones (excluding diaryl/α,β-unsaturated/α-hetero) is 1. The minimum Gasteiger partial charge on any atom is -0.449 e. The van der Waals surface area contributed by atoms with Crippen molar-refractivity contribution in [3.05, 3.63) is 62.6 Å². The molecule has 0 atom stereocenters. The minimum atomic E-state index is -0.530. The molecule has 0 saturated heterocycles. The normalized spacial score (nSPS) is 10.1. The molecule has 0 saturated carbocycles. The largest absolute Gasteiger partial charge is 0.449 e. The van der Waals surface area contributed by atoms with Gasteiger partial charge in [-0.2, -0.15) is 0 Å². The number of hydrogen-bond donors (Lipinski definition) is 0. The van der Waals surface area contributed by atoms with Crippen molar-refractivity contribution < 1.29 is 14.5 Å². The third-order valence-electron chi connectivity index (χ3n) is 2.60. The fraction of sp³-hybridized carbons (Fsp3) is 0.0714. The molecule has 0 aliphatic heterocycles. The fourth-order valence-electron chi connectivity index (χ4n) is 1.69. The summed E-state index contributed by atoms with van der Waals surface area (Å²) in [6.45, 7) is 1.41. The van der Waals surface area contributed by atoms with Gasteiger partial charge in [-0.05, 0) is 25.1 Å². The number of rotatable bonds is 4. The van der Waals surface area contributed by atoms with Crippen LogP contribution >= 0.6 is 15.9 Å². The Labute approximate surface area is 123 Å². The van der Waals surface area contributed by atoms with Gasteiger partial charge in [0.05, 0.1) is 10.5 Å². The highest BCUT2D eigenvalue weighted by Gasteiger charge is 2.18. The van der Waals surface area contributed by atoms with Gasteiger partial charge in [-0.3, -0.25) is 14.9 Å². The average molecular weight is 336 g/mol. The summed E-state index contributed by atoms with van der Waals surface area (Å²) in [6.07, 6.45) is 0. The van der Waals surface area contributed by atoms with Crippen LogP contribution in [0.15, 0.2) is 46.9 Å². The van der Waals surface area contributed by atoms with Crippen molar-refractivity contribution in [2.24, 2.45) is 0 Å². The highest BCUT2D eigenvalue weighted by atomic mass is 79.9. The van der Waals surface area contributed by atoms with Crippen molar-refractivity contribution >= 4 is 27.4 Å². The molecule has 2 aromatic carbocycles. The number of halogens is 1. The van der Waals surface area contributed by atoms with Gasteiger partial charge in [0.2, 0.25) is 5.75 Å². The first-order valence-electron chi connectivity index (χ1n) is 5.71. The smallest absolute Gasteiger partial charge is 0.311 e. The number of carbonyl (C=O) groups is 1. The van der Waals surface area contributed by atoms with Gasteiger partial charge >= 0.3 is 5.69 Å². The summed E-state index contributed by atoms with van der Waals surface area (Å²) in [4.78, 5) is 22.0. The SMILES string of the molecule is CC(=O)c1ccccc1Oc1cc(Br)ccc1[N+](=O)[O-]. The zero-order chi connectivity index (χ0) is 14.7. The molecule has 0 spiro atoms. The van der Waals surface area contributed by atoms with Gasteiger partial charge in [0, 0.05) is 16.6 Å². The van der Waals surface area contributed by atoms with Crippen molar-refractivity contribution in [3.8, 4) is 11.5 Å². The van der Waals surface area contributed by atoms with Gasteiger partial charge in [0.15, 0.2) is 5.78 Å². The Bertz CT molecular complexity index is 685. The molecule has 20 heavy (non-hydrogen) atoms. The number of nitrogens with zero attached hydrogens (tertiary/aromatic N) is 1. The number of nitro groups is 1. The molecule has 5 nitrogen and oxygen atoms in total. The molecule has 0 aliphatic rings.